The van der Waals surface area contributed by atoms with Crippen LogP contribution in [0.4, 0.5) is 0 Å². The smallest absolute Gasteiger partial charge is 0.211 e. The minimum atomic E-state index is -3.43. The topological polar surface area (TPSA) is 70.0 Å². The summed E-state index contributed by atoms with van der Waals surface area (Å²) in [6.07, 6.45) is 0. The number of nitrogens with zero attached hydrogens (tertiary/aromatic N) is 1. The molecule has 0 unspecified atom stereocenters. The first-order valence-corrected chi connectivity index (χ1v) is 6.40. The van der Waals surface area contributed by atoms with Gasteiger partial charge in [-0.2, -0.15) is 5.26 Å². The zero-order valence-electron chi connectivity index (χ0n) is 7.65. The Balaban J connectivity index is 2.54. The van der Waals surface area contributed by atoms with Crippen molar-refractivity contribution in [2.75, 3.05) is 5.75 Å². The highest BCUT2D eigenvalue weighted by Gasteiger charge is 2.08. The Bertz CT molecular complexity index is 442. The van der Waals surface area contributed by atoms with Crippen molar-refractivity contribution in [3.05, 3.63) is 21.9 Å². The summed E-state index contributed by atoms with van der Waals surface area (Å²) in [4.78, 5) is 2.09. The molecular weight excluding hydrogens is 220 g/mol. The summed E-state index contributed by atoms with van der Waals surface area (Å²) >= 11 is 1.54. The van der Waals surface area contributed by atoms with E-state index in [9.17, 15) is 8.42 Å². The zero-order chi connectivity index (χ0) is 10.6. The summed E-state index contributed by atoms with van der Waals surface area (Å²) in [6.45, 7) is 2.22. The largest absolute Gasteiger partial charge is 0.225 e. The molecule has 6 heteroatoms. The maximum atomic E-state index is 11.1. The van der Waals surface area contributed by atoms with Gasteiger partial charge in [0.15, 0.2) is 5.75 Å². The molecule has 0 atom stereocenters. The molecule has 0 bridgehead atoms. The molecule has 0 aliphatic carbocycles. The predicted molar refractivity (Wildman–Crippen MR) is 55.3 cm³/mol. The Hall–Kier alpha value is -0.900. The van der Waals surface area contributed by atoms with Crippen molar-refractivity contribution in [2.24, 2.45) is 0 Å². The fourth-order valence-electron chi connectivity index (χ4n) is 0.897. The molecule has 0 fully saturated rings. The maximum Gasteiger partial charge on any atom is 0.225 e. The monoisotopic (exact) mass is 230 g/mol. The van der Waals surface area contributed by atoms with Gasteiger partial charge in [-0.1, -0.05) is 0 Å². The van der Waals surface area contributed by atoms with Crippen LogP contribution in [0.1, 0.15) is 9.75 Å². The van der Waals surface area contributed by atoms with Crippen LogP contribution < -0.4 is 4.72 Å². The average molecular weight is 230 g/mol. The summed E-state index contributed by atoms with van der Waals surface area (Å²) in [6, 6.07) is 5.40. The highest BCUT2D eigenvalue weighted by Crippen LogP contribution is 2.14. The number of sulfonamides is 1. The predicted octanol–water partition coefficient (Wildman–Crippen LogP) is 1.000. The molecule has 76 valence electrons. The number of hydrogen-bond acceptors (Lipinski definition) is 4. The molecule has 1 heterocycles. The first-order chi connectivity index (χ1) is 6.53. The fraction of sp³-hybridized carbons (Fsp3) is 0.375. The first kappa shape index (κ1) is 11.2. The van der Waals surface area contributed by atoms with Gasteiger partial charge in [0, 0.05) is 16.3 Å². The lowest BCUT2D eigenvalue weighted by molar-refractivity contribution is 0.585. The molecule has 0 aliphatic rings. The van der Waals surface area contributed by atoms with Crippen LogP contribution in [0.25, 0.3) is 0 Å². The Morgan fingerprint density at radius 1 is 1.57 bits per heavy atom. The van der Waals surface area contributed by atoms with Crippen LogP contribution in [0, 0.1) is 18.3 Å². The van der Waals surface area contributed by atoms with Gasteiger partial charge in [-0.15, -0.1) is 11.3 Å². The van der Waals surface area contributed by atoms with E-state index in [0.29, 0.717) is 0 Å². The van der Waals surface area contributed by atoms with Crippen molar-refractivity contribution < 1.29 is 8.42 Å². The summed E-state index contributed by atoms with van der Waals surface area (Å²) in [5, 5.41) is 8.24. The molecule has 0 amide bonds. The minimum Gasteiger partial charge on any atom is -0.211 e. The zero-order valence-corrected chi connectivity index (χ0v) is 9.28. The van der Waals surface area contributed by atoms with Crippen LogP contribution in [0.15, 0.2) is 12.1 Å². The van der Waals surface area contributed by atoms with Gasteiger partial charge < -0.3 is 0 Å². The van der Waals surface area contributed by atoms with Crippen molar-refractivity contribution >= 4 is 21.4 Å². The molecule has 1 N–H and O–H groups in total. The molecule has 0 saturated carbocycles. The summed E-state index contributed by atoms with van der Waals surface area (Å²) in [5.41, 5.74) is 0. The summed E-state index contributed by atoms with van der Waals surface area (Å²) in [7, 11) is -3.43. The molecule has 14 heavy (non-hydrogen) atoms. The Kier molecular flexibility index (Phi) is 3.63. The molecule has 1 aromatic rings. The van der Waals surface area contributed by atoms with Gasteiger partial charge >= 0.3 is 0 Å². The SMILES string of the molecule is Cc1ccc(CNS(=O)(=O)CC#N)s1. The van der Waals surface area contributed by atoms with Crippen LogP contribution in [0.3, 0.4) is 0 Å². The van der Waals surface area contributed by atoms with Gasteiger partial charge in [0.2, 0.25) is 10.0 Å². The van der Waals surface area contributed by atoms with Crippen LogP contribution in [-0.2, 0) is 16.6 Å². The molecule has 0 radical (unpaired) electrons. The molecule has 0 aliphatic heterocycles. The van der Waals surface area contributed by atoms with E-state index in [1.807, 2.05) is 19.1 Å². The second-order valence-electron chi connectivity index (χ2n) is 2.75. The van der Waals surface area contributed by atoms with E-state index < -0.39 is 15.8 Å². The highest BCUT2D eigenvalue weighted by atomic mass is 32.2. The molecule has 4 nitrogen and oxygen atoms in total. The number of aryl methyl sites for hydroxylation is 1. The quantitative estimate of drug-likeness (QED) is 0.838. The molecule has 0 aromatic carbocycles. The van der Waals surface area contributed by atoms with Gasteiger partial charge in [-0.05, 0) is 19.1 Å². The lowest BCUT2D eigenvalue weighted by atomic mass is 10.4. The first-order valence-electron chi connectivity index (χ1n) is 3.93. The molecule has 0 spiro atoms. The van der Waals surface area contributed by atoms with Gasteiger partial charge in [-0.25, -0.2) is 13.1 Å². The van der Waals surface area contributed by atoms with Crippen molar-refractivity contribution in [1.82, 2.24) is 4.72 Å². The standard InChI is InChI=1S/C8H10N2O2S2/c1-7-2-3-8(13-7)6-10-14(11,12)5-4-9/h2-3,10H,5-6H2,1H3. The average Bonchev–Trinajstić information content (AvgIpc) is 2.48. The minimum absolute atomic E-state index is 0.266. The number of hydrogen-bond donors (Lipinski definition) is 1. The van der Waals surface area contributed by atoms with E-state index in [0.717, 1.165) is 9.75 Å². The second-order valence-corrected chi connectivity index (χ2v) is 5.93. The van der Waals surface area contributed by atoms with E-state index in [1.165, 1.54) is 11.3 Å². The van der Waals surface area contributed by atoms with Gasteiger partial charge in [0.25, 0.3) is 0 Å². The fourth-order valence-corrected chi connectivity index (χ4v) is 2.47. The van der Waals surface area contributed by atoms with Crippen molar-refractivity contribution in [1.29, 1.82) is 5.26 Å². The number of rotatable bonds is 4. The van der Waals surface area contributed by atoms with Gasteiger partial charge in [0.1, 0.15) is 0 Å². The van der Waals surface area contributed by atoms with E-state index in [1.54, 1.807) is 6.07 Å². The van der Waals surface area contributed by atoms with Gasteiger partial charge in [0.05, 0.1) is 6.07 Å². The van der Waals surface area contributed by atoms with Crippen LogP contribution in [0.5, 0.6) is 0 Å². The number of nitrogens with one attached hydrogen (secondary N) is 1. The highest BCUT2D eigenvalue weighted by molar-refractivity contribution is 7.89. The Labute approximate surface area is 87.2 Å². The van der Waals surface area contributed by atoms with E-state index in [2.05, 4.69) is 4.72 Å². The Morgan fingerprint density at radius 3 is 2.79 bits per heavy atom. The third kappa shape index (κ3) is 3.46. The molecule has 0 saturated heterocycles. The van der Waals surface area contributed by atoms with Gasteiger partial charge in [-0.3, -0.25) is 0 Å². The number of thiophene rings is 1. The normalized spacial score (nSPS) is 11.1. The van der Waals surface area contributed by atoms with Crippen LogP contribution >= 0.6 is 11.3 Å². The molecule has 1 aromatic heterocycles. The van der Waals surface area contributed by atoms with Crippen molar-refractivity contribution in [3.8, 4) is 6.07 Å². The van der Waals surface area contributed by atoms with Crippen molar-refractivity contribution in [2.45, 2.75) is 13.5 Å². The third-order valence-corrected chi connectivity index (χ3v) is 3.61. The maximum absolute atomic E-state index is 11.1. The lowest BCUT2D eigenvalue weighted by Gasteiger charge is -2.00. The summed E-state index contributed by atoms with van der Waals surface area (Å²) in [5.74, 6) is -0.489. The molecular formula is C8H10N2O2S2. The number of nitriles is 1. The Morgan fingerprint density at radius 2 is 2.29 bits per heavy atom. The van der Waals surface area contributed by atoms with E-state index >= 15 is 0 Å². The van der Waals surface area contributed by atoms with Crippen LogP contribution in [-0.4, -0.2) is 14.2 Å². The van der Waals surface area contributed by atoms with E-state index in [4.69, 9.17) is 5.26 Å². The molecule has 1 rings (SSSR count). The van der Waals surface area contributed by atoms with Crippen molar-refractivity contribution in [3.63, 3.8) is 0 Å². The third-order valence-electron chi connectivity index (χ3n) is 1.52. The second kappa shape index (κ2) is 4.55. The van der Waals surface area contributed by atoms with E-state index in [-0.39, 0.29) is 6.54 Å². The lowest BCUT2D eigenvalue weighted by Crippen LogP contribution is -2.24. The summed E-state index contributed by atoms with van der Waals surface area (Å²) < 4.78 is 24.5. The van der Waals surface area contributed by atoms with Crippen LogP contribution in [0.2, 0.25) is 0 Å².